The highest BCUT2D eigenvalue weighted by atomic mass is 16.4. The molecule has 0 bridgehead atoms. The van der Waals surface area contributed by atoms with Crippen LogP contribution in [-0.2, 0) is 9.59 Å². The van der Waals surface area contributed by atoms with Crippen molar-refractivity contribution in [1.82, 2.24) is 4.90 Å². The lowest BCUT2D eigenvalue weighted by Gasteiger charge is -2.37. The maximum absolute atomic E-state index is 11.6. The molecule has 1 rings (SSSR count). The lowest BCUT2D eigenvalue weighted by atomic mass is 9.89. The zero-order valence-electron chi connectivity index (χ0n) is 9.26. The van der Waals surface area contributed by atoms with E-state index in [9.17, 15) is 9.59 Å². The number of nitrogens with zero attached hydrogens (tertiary/aromatic N) is 1. The van der Waals surface area contributed by atoms with Gasteiger partial charge in [-0.15, -0.1) is 0 Å². The monoisotopic (exact) mass is 224 g/mol. The van der Waals surface area contributed by atoms with Crippen molar-refractivity contribution in [2.24, 2.45) is 5.73 Å². The summed E-state index contributed by atoms with van der Waals surface area (Å²) in [4.78, 5) is 23.6. The van der Waals surface area contributed by atoms with Crippen LogP contribution in [0, 0.1) is 0 Å². The number of amides is 1. The van der Waals surface area contributed by atoms with E-state index in [-0.39, 0.29) is 30.9 Å². The van der Waals surface area contributed by atoms with Crippen molar-refractivity contribution in [3.05, 3.63) is 0 Å². The molecule has 2 unspecified atom stereocenters. The molecule has 3 N–H and O–H groups in total. The molecule has 0 heterocycles. The Balaban J connectivity index is 2.73. The Morgan fingerprint density at radius 3 is 2.50 bits per heavy atom. The summed E-state index contributed by atoms with van der Waals surface area (Å²) in [6.07, 6.45) is 3.44. The lowest BCUT2D eigenvalue weighted by molar-refractivity contribution is -0.146. The van der Waals surface area contributed by atoms with E-state index in [1.807, 2.05) is 0 Å². The van der Waals surface area contributed by atoms with E-state index >= 15 is 0 Å². The molecule has 0 aliphatic heterocycles. The third kappa shape index (κ3) is 3.23. The largest absolute Gasteiger partial charge is 0.480 e. The fourth-order valence-corrected chi connectivity index (χ4v) is 2.18. The number of carbonyl (C=O) groups is 2. The summed E-state index contributed by atoms with van der Waals surface area (Å²) in [6.45, 7) is -0.311. The molecule has 1 amide bonds. The van der Waals surface area contributed by atoms with Crippen LogP contribution >= 0.6 is 0 Å². The van der Waals surface area contributed by atoms with Crippen LogP contribution in [0.2, 0.25) is 6.32 Å². The number of carboxylic acids is 1. The van der Waals surface area contributed by atoms with E-state index in [2.05, 4.69) is 0 Å². The maximum atomic E-state index is 11.6. The van der Waals surface area contributed by atoms with Crippen LogP contribution in [0.3, 0.4) is 0 Å². The second kappa shape index (κ2) is 5.89. The molecule has 0 aromatic heterocycles. The van der Waals surface area contributed by atoms with Gasteiger partial charge in [-0.1, -0.05) is 12.8 Å². The number of aliphatic carboxylic acids is 1. The van der Waals surface area contributed by atoms with Gasteiger partial charge in [0.25, 0.3) is 0 Å². The van der Waals surface area contributed by atoms with Gasteiger partial charge in [-0.25, -0.2) is 0 Å². The zero-order chi connectivity index (χ0) is 12.1. The molecule has 16 heavy (non-hydrogen) atoms. The Hall–Kier alpha value is -1.04. The predicted octanol–water partition coefficient (Wildman–Crippen LogP) is -0.244. The van der Waals surface area contributed by atoms with Gasteiger partial charge in [-0.2, -0.15) is 0 Å². The van der Waals surface area contributed by atoms with Crippen molar-refractivity contribution in [3.8, 4) is 0 Å². The molecule has 0 aromatic rings. The van der Waals surface area contributed by atoms with Crippen LogP contribution in [0.15, 0.2) is 0 Å². The van der Waals surface area contributed by atoms with E-state index in [1.54, 1.807) is 0 Å². The van der Waals surface area contributed by atoms with Gasteiger partial charge in [0.15, 0.2) is 0 Å². The number of carboxylic acid groups (broad SMARTS) is 1. The molecule has 1 aliphatic rings. The van der Waals surface area contributed by atoms with Crippen LogP contribution < -0.4 is 5.73 Å². The standard InChI is InChI=1S/C10H17BN2O3/c11-5-9(14)13(6-10(15)16)8-4-2-1-3-7(8)12/h7-8H,1-6,12H2,(H,15,16). The second-order valence-electron chi connectivity index (χ2n) is 4.14. The molecule has 1 aliphatic carbocycles. The Labute approximate surface area is 96.4 Å². The molecule has 88 valence electrons. The van der Waals surface area contributed by atoms with Crippen LogP contribution in [0.25, 0.3) is 0 Å². The number of carbonyl (C=O) groups excluding carboxylic acids is 1. The first-order valence-corrected chi connectivity index (χ1v) is 5.53. The van der Waals surface area contributed by atoms with Crippen molar-refractivity contribution in [1.29, 1.82) is 0 Å². The minimum Gasteiger partial charge on any atom is -0.480 e. The maximum Gasteiger partial charge on any atom is 0.323 e. The predicted molar refractivity (Wildman–Crippen MR) is 60.1 cm³/mol. The molecular weight excluding hydrogens is 207 g/mol. The first-order chi connectivity index (χ1) is 7.56. The topological polar surface area (TPSA) is 83.6 Å². The Morgan fingerprint density at radius 2 is 2.00 bits per heavy atom. The second-order valence-corrected chi connectivity index (χ2v) is 4.14. The molecule has 0 spiro atoms. The first kappa shape index (κ1) is 13.0. The molecule has 1 saturated carbocycles. The highest BCUT2D eigenvalue weighted by Gasteiger charge is 2.31. The van der Waals surface area contributed by atoms with E-state index in [0.29, 0.717) is 0 Å². The highest BCUT2D eigenvalue weighted by molar-refractivity contribution is 6.19. The summed E-state index contributed by atoms with van der Waals surface area (Å²) in [6, 6.07) is -0.315. The fourth-order valence-electron chi connectivity index (χ4n) is 2.18. The lowest BCUT2D eigenvalue weighted by Crippen LogP contribution is -2.53. The summed E-state index contributed by atoms with van der Waals surface area (Å²) in [7, 11) is 5.28. The summed E-state index contributed by atoms with van der Waals surface area (Å²) in [5, 5.41) is 8.77. The van der Waals surface area contributed by atoms with Crippen LogP contribution in [0.4, 0.5) is 0 Å². The van der Waals surface area contributed by atoms with Gasteiger partial charge in [-0.05, 0) is 19.2 Å². The first-order valence-electron chi connectivity index (χ1n) is 5.53. The highest BCUT2D eigenvalue weighted by Crippen LogP contribution is 2.22. The van der Waals surface area contributed by atoms with Crippen LogP contribution in [-0.4, -0.2) is 48.4 Å². The van der Waals surface area contributed by atoms with Gasteiger partial charge in [0.1, 0.15) is 6.54 Å². The van der Waals surface area contributed by atoms with Crippen molar-refractivity contribution < 1.29 is 14.7 Å². The molecule has 6 heteroatoms. The molecule has 2 atom stereocenters. The number of rotatable bonds is 4. The van der Waals surface area contributed by atoms with Crippen molar-refractivity contribution >= 4 is 19.7 Å². The Kier molecular flexibility index (Phi) is 4.80. The normalized spacial score (nSPS) is 25.1. The van der Waals surface area contributed by atoms with Gasteiger partial charge in [-0.3, -0.25) is 9.59 Å². The molecule has 0 saturated heterocycles. The summed E-state index contributed by atoms with van der Waals surface area (Å²) in [5.41, 5.74) is 5.92. The minimum atomic E-state index is -1.03. The number of hydrogen-bond donors (Lipinski definition) is 2. The quantitative estimate of drug-likeness (QED) is 0.645. The van der Waals surface area contributed by atoms with Gasteiger partial charge >= 0.3 is 5.97 Å². The van der Waals surface area contributed by atoms with E-state index in [1.165, 1.54) is 4.90 Å². The van der Waals surface area contributed by atoms with E-state index < -0.39 is 5.97 Å². The van der Waals surface area contributed by atoms with Gasteiger partial charge < -0.3 is 15.7 Å². The minimum absolute atomic E-state index is 0.136. The molecule has 5 nitrogen and oxygen atoms in total. The molecule has 1 fully saturated rings. The van der Waals surface area contributed by atoms with E-state index in [4.69, 9.17) is 18.7 Å². The smallest absolute Gasteiger partial charge is 0.323 e. The van der Waals surface area contributed by atoms with E-state index in [0.717, 1.165) is 25.7 Å². The fraction of sp³-hybridized carbons (Fsp3) is 0.800. The van der Waals surface area contributed by atoms with Crippen molar-refractivity contribution in [2.45, 2.75) is 44.1 Å². The van der Waals surface area contributed by atoms with Crippen molar-refractivity contribution in [2.75, 3.05) is 6.54 Å². The SMILES string of the molecule is [B]CC(=O)N(CC(=O)O)C1CCCCC1N. The Morgan fingerprint density at radius 1 is 1.38 bits per heavy atom. The zero-order valence-corrected chi connectivity index (χ0v) is 9.26. The Bertz CT molecular complexity index is 273. The summed E-state index contributed by atoms with van der Waals surface area (Å²) >= 11 is 0. The number of hydrogen-bond acceptors (Lipinski definition) is 3. The van der Waals surface area contributed by atoms with Crippen molar-refractivity contribution in [3.63, 3.8) is 0 Å². The molecule has 2 radical (unpaired) electrons. The van der Waals surface area contributed by atoms with Crippen LogP contribution in [0.1, 0.15) is 25.7 Å². The van der Waals surface area contributed by atoms with Gasteiger partial charge in [0.05, 0.1) is 7.85 Å². The van der Waals surface area contributed by atoms with Gasteiger partial charge in [0, 0.05) is 12.1 Å². The average Bonchev–Trinajstić information content (AvgIpc) is 2.26. The summed E-state index contributed by atoms with van der Waals surface area (Å²) < 4.78 is 0. The van der Waals surface area contributed by atoms with Gasteiger partial charge in [0.2, 0.25) is 5.91 Å². The average molecular weight is 224 g/mol. The van der Waals surface area contributed by atoms with Crippen LogP contribution in [0.5, 0.6) is 0 Å². The summed E-state index contributed by atoms with van der Waals surface area (Å²) in [5.74, 6) is -1.37. The molecular formula is C10H17BN2O3. The third-order valence-electron chi connectivity index (χ3n) is 2.98. The third-order valence-corrected chi connectivity index (χ3v) is 2.98. The molecule has 0 aromatic carbocycles. The number of nitrogens with two attached hydrogens (primary N) is 1.